The molecule has 0 spiro atoms. The first kappa shape index (κ1) is 22.1. The zero-order valence-corrected chi connectivity index (χ0v) is 19.0. The highest BCUT2D eigenvalue weighted by molar-refractivity contribution is 7.99. The Morgan fingerprint density at radius 2 is 1.76 bits per heavy atom. The van der Waals surface area contributed by atoms with Gasteiger partial charge in [-0.3, -0.25) is 9.59 Å². The van der Waals surface area contributed by atoms with Crippen molar-refractivity contribution in [1.29, 1.82) is 0 Å². The zero-order chi connectivity index (χ0) is 23.5. The lowest BCUT2D eigenvalue weighted by atomic mass is 10.1. The quantitative estimate of drug-likeness (QED) is 0.396. The van der Waals surface area contributed by atoms with E-state index in [1.165, 1.54) is 4.80 Å². The van der Waals surface area contributed by atoms with Crippen molar-refractivity contribution in [3.63, 3.8) is 0 Å². The Morgan fingerprint density at radius 1 is 1.06 bits per heavy atom. The van der Waals surface area contributed by atoms with Crippen LogP contribution in [0.1, 0.15) is 27.2 Å². The van der Waals surface area contributed by atoms with Crippen molar-refractivity contribution >= 4 is 29.4 Å². The maximum atomic E-state index is 12.6. The van der Waals surface area contributed by atoms with Crippen LogP contribution in [0.3, 0.4) is 0 Å². The smallest absolute Gasteiger partial charge is 0.273 e. The van der Waals surface area contributed by atoms with E-state index in [-0.39, 0.29) is 17.3 Å². The summed E-state index contributed by atoms with van der Waals surface area (Å²) in [7, 11) is 0. The number of hydrogen-bond acceptors (Lipinski definition) is 8. The van der Waals surface area contributed by atoms with E-state index < -0.39 is 11.8 Å². The molecule has 0 unspecified atom stereocenters. The minimum Gasteiger partial charge on any atom is -0.364 e. The molecule has 11 nitrogen and oxygen atoms in total. The lowest BCUT2D eigenvalue weighted by molar-refractivity contribution is -0.113. The Morgan fingerprint density at radius 3 is 2.42 bits per heavy atom. The number of thioether (sulfide) groups is 1. The van der Waals surface area contributed by atoms with Crippen LogP contribution in [0.2, 0.25) is 0 Å². The summed E-state index contributed by atoms with van der Waals surface area (Å²) in [5, 5.41) is 23.3. The molecular weight excluding hydrogens is 442 g/mol. The van der Waals surface area contributed by atoms with Crippen LogP contribution in [-0.4, -0.2) is 52.8 Å². The fraction of sp³-hybridized carbons (Fsp3) is 0.190. The molecule has 0 atom stereocenters. The predicted molar refractivity (Wildman–Crippen MR) is 123 cm³/mol. The van der Waals surface area contributed by atoms with Gasteiger partial charge in [0.05, 0.1) is 17.1 Å². The number of benzene rings is 2. The van der Waals surface area contributed by atoms with Crippen molar-refractivity contribution in [3.05, 3.63) is 64.8 Å². The maximum absolute atomic E-state index is 12.6. The number of nitrogens with one attached hydrogen (secondary N) is 1. The molecule has 2 amide bonds. The number of nitrogens with zero attached hydrogens (tertiary/aromatic N) is 7. The van der Waals surface area contributed by atoms with E-state index in [0.717, 1.165) is 34.1 Å². The largest absolute Gasteiger partial charge is 0.364 e. The molecule has 0 bridgehead atoms. The first-order chi connectivity index (χ1) is 15.8. The van der Waals surface area contributed by atoms with Gasteiger partial charge in [-0.15, -0.1) is 20.1 Å². The van der Waals surface area contributed by atoms with E-state index in [4.69, 9.17) is 5.73 Å². The number of para-hydroxylation sites is 1. The van der Waals surface area contributed by atoms with Crippen molar-refractivity contribution in [2.45, 2.75) is 25.9 Å². The molecule has 0 saturated carbocycles. The summed E-state index contributed by atoms with van der Waals surface area (Å²) in [6.45, 7) is 6.00. The number of anilines is 1. The Kier molecular flexibility index (Phi) is 6.18. The van der Waals surface area contributed by atoms with Crippen molar-refractivity contribution in [2.24, 2.45) is 5.73 Å². The monoisotopic (exact) mass is 463 g/mol. The van der Waals surface area contributed by atoms with E-state index in [1.54, 1.807) is 28.9 Å². The zero-order valence-electron chi connectivity index (χ0n) is 18.2. The topological polar surface area (TPSA) is 146 Å². The summed E-state index contributed by atoms with van der Waals surface area (Å²) < 4.78 is 1.61. The molecule has 0 radical (unpaired) electrons. The van der Waals surface area contributed by atoms with Gasteiger partial charge in [0.15, 0.2) is 11.5 Å². The van der Waals surface area contributed by atoms with Gasteiger partial charge >= 0.3 is 0 Å². The number of carbonyl (C=O) groups excluding carboxylic acids is 2. The van der Waals surface area contributed by atoms with Crippen LogP contribution in [0, 0.1) is 20.8 Å². The van der Waals surface area contributed by atoms with Crippen molar-refractivity contribution in [1.82, 2.24) is 35.2 Å². The average molecular weight is 464 g/mol. The fourth-order valence-electron chi connectivity index (χ4n) is 3.45. The molecule has 33 heavy (non-hydrogen) atoms. The van der Waals surface area contributed by atoms with Crippen LogP contribution < -0.4 is 11.1 Å². The Labute approximate surface area is 193 Å². The summed E-state index contributed by atoms with van der Waals surface area (Å²) in [6, 6.07) is 13.1. The van der Waals surface area contributed by atoms with Crippen LogP contribution in [0.5, 0.6) is 0 Å². The third-order valence-corrected chi connectivity index (χ3v) is 5.63. The normalized spacial score (nSPS) is 10.9. The molecule has 4 rings (SSSR count). The molecule has 0 aliphatic rings. The van der Waals surface area contributed by atoms with Crippen LogP contribution in [0.25, 0.3) is 11.4 Å². The first-order valence-electron chi connectivity index (χ1n) is 9.95. The van der Waals surface area contributed by atoms with Gasteiger partial charge in [0.2, 0.25) is 11.1 Å². The molecule has 0 aliphatic carbocycles. The standard InChI is InChI=1S/C21H21N9O2S/c1-12-9-13(2)18(14(3)10-12)29-21(24-27-28-29)33-11-16(31)23-20-17(19(22)32)25-30(26-20)15-7-5-4-6-8-15/h4-10H,11H2,1-3H3,(H2,22,32)(H,23,26,31). The summed E-state index contributed by atoms with van der Waals surface area (Å²) in [6.07, 6.45) is 0. The molecular formula is C21H21N9O2S. The SMILES string of the molecule is Cc1cc(C)c(-n2nnnc2SCC(=O)Nc2nn(-c3ccccc3)nc2C(N)=O)c(C)c1. The van der Waals surface area contributed by atoms with Gasteiger partial charge in [-0.25, -0.2) is 0 Å². The van der Waals surface area contributed by atoms with Crippen molar-refractivity contribution in [3.8, 4) is 11.4 Å². The number of aromatic nitrogens is 7. The highest BCUT2D eigenvalue weighted by Gasteiger charge is 2.20. The Balaban J connectivity index is 1.50. The molecule has 0 fully saturated rings. The number of carbonyl (C=O) groups is 2. The molecule has 3 N–H and O–H groups in total. The van der Waals surface area contributed by atoms with Crippen LogP contribution in [0.4, 0.5) is 5.82 Å². The molecule has 0 saturated heterocycles. The molecule has 168 valence electrons. The minimum absolute atomic E-state index is 0.0123. The number of nitrogens with two attached hydrogens (primary N) is 1. The van der Waals surface area contributed by atoms with Crippen LogP contribution >= 0.6 is 11.8 Å². The van der Waals surface area contributed by atoms with Gasteiger partial charge in [0.1, 0.15) is 0 Å². The maximum Gasteiger partial charge on any atom is 0.273 e. The summed E-state index contributed by atoms with van der Waals surface area (Å²) in [4.78, 5) is 25.7. The number of primary amides is 1. The number of amides is 2. The van der Waals surface area contributed by atoms with Gasteiger partial charge < -0.3 is 11.1 Å². The predicted octanol–water partition coefficient (Wildman–Crippen LogP) is 2.00. The van der Waals surface area contributed by atoms with Crippen LogP contribution in [0.15, 0.2) is 47.6 Å². The second-order valence-corrected chi connectivity index (χ2v) is 8.29. The first-order valence-corrected chi connectivity index (χ1v) is 10.9. The molecule has 4 aromatic rings. The fourth-order valence-corrected chi connectivity index (χ4v) is 4.12. The van der Waals surface area contributed by atoms with Gasteiger partial charge in [-0.1, -0.05) is 47.7 Å². The molecule has 2 aromatic carbocycles. The third kappa shape index (κ3) is 4.75. The van der Waals surface area contributed by atoms with Crippen molar-refractivity contribution in [2.75, 3.05) is 11.1 Å². The van der Waals surface area contributed by atoms with Gasteiger partial charge in [0.25, 0.3) is 5.91 Å². The number of rotatable bonds is 7. The van der Waals surface area contributed by atoms with Crippen molar-refractivity contribution < 1.29 is 9.59 Å². The van der Waals surface area contributed by atoms with E-state index in [1.807, 2.05) is 39.0 Å². The van der Waals surface area contributed by atoms with Gasteiger partial charge in [0, 0.05) is 0 Å². The number of tetrazole rings is 1. The third-order valence-electron chi connectivity index (χ3n) is 4.71. The second kappa shape index (κ2) is 9.20. The molecule has 12 heteroatoms. The molecule has 2 heterocycles. The summed E-state index contributed by atoms with van der Waals surface area (Å²) in [5.74, 6) is -1.23. The van der Waals surface area contributed by atoms with Crippen LogP contribution in [-0.2, 0) is 4.79 Å². The average Bonchev–Trinajstić information content (AvgIpc) is 3.39. The summed E-state index contributed by atoms with van der Waals surface area (Å²) >= 11 is 1.16. The number of aryl methyl sites for hydroxylation is 3. The molecule has 0 aliphatic heterocycles. The second-order valence-electron chi connectivity index (χ2n) is 7.34. The van der Waals surface area contributed by atoms with Gasteiger partial charge in [-0.2, -0.15) is 4.68 Å². The van der Waals surface area contributed by atoms with E-state index >= 15 is 0 Å². The Bertz CT molecular complexity index is 1310. The summed E-state index contributed by atoms with van der Waals surface area (Å²) in [5.41, 5.74) is 9.97. The highest BCUT2D eigenvalue weighted by Crippen LogP contribution is 2.25. The Hall–Kier alpha value is -4.06. The lowest BCUT2D eigenvalue weighted by Gasteiger charge is -2.12. The van der Waals surface area contributed by atoms with E-state index in [9.17, 15) is 9.59 Å². The minimum atomic E-state index is -0.797. The van der Waals surface area contributed by atoms with Gasteiger partial charge in [-0.05, 0) is 54.5 Å². The highest BCUT2D eigenvalue weighted by atomic mass is 32.2. The van der Waals surface area contributed by atoms with E-state index in [2.05, 4.69) is 31.0 Å². The van der Waals surface area contributed by atoms with E-state index in [0.29, 0.717) is 10.8 Å². The number of hydrogen-bond donors (Lipinski definition) is 2. The molecule has 2 aromatic heterocycles. The lowest BCUT2D eigenvalue weighted by Crippen LogP contribution is -2.19.